The first-order valence-electron chi connectivity index (χ1n) is 9.24. The van der Waals surface area contributed by atoms with Crippen LogP contribution >= 0.6 is 11.8 Å². The van der Waals surface area contributed by atoms with Crippen LogP contribution in [-0.4, -0.2) is 22.4 Å². The van der Waals surface area contributed by atoms with E-state index in [4.69, 9.17) is 4.74 Å². The molecule has 4 rings (SSSR count). The molecule has 1 N–H and O–H groups in total. The largest absolute Gasteiger partial charge is 0.495 e. The quantitative estimate of drug-likeness (QED) is 0.450. The van der Waals surface area contributed by atoms with Crippen molar-refractivity contribution in [1.82, 2.24) is 9.38 Å². The van der Waals surface area contributed by atoms with E-state index in [9.17, 15) is 4.79 Å². The molecule has 6 heteroatoms. The molecular weight excluding hydrogens is 382 g/mol. The van der Waals surface area contributed by atoms with Crippen LogP contribution in [0, 0.1) is 6.92 Å². The van der Waals surface area contributed by atoms with Gasteiger partial charge in [0.15, 0.2) is 0 Å². The lowest BCUT2D eigenvalue weighted by atomic mass is 10.1. The Hall–Kier alpha value is -3.25. The van der Waals surface area contributed by atoms with Crippen LogP contribution in [0.2, 0.25) is 0 Å². The van der Waals surface area contributed by atoms with Crippen molar-refractivity contribution in [3.8, 4) is 5.75 Å². The van der Waals surface area contributed by atoms with Crippen molar-refractivity contribution in [2.24, 2.45) is 0 Å². The summed E-state index contributed by atoms with van der Waals surface area (Å²) in [6.45, 7) is 1.98. The lowest BCUT2D eigenvalue weighted by molar-refractivity contribution is 0.102. The molecular formula is C23H21N3O2S. The topological polar surface area (TPSA) is 55.6 Å². The third kappa shape index (κ3) is 4.43. The second-order valence-electron chi connectivity index (χ2n) is 6.67. The molecule has 0 fully saturated rings. The minimum Gasteiger partial charge on any atom is -0.495 e. The number of benzene rings is 2. The number of carbonyl (C=O) groups excluding carboxylic acids is 1. The molecule has 0 aliphatic heterocycles. The standard InChI is InChI=1S/C23H21N3O2S/c1-16-6-11-21(28-2)20(13-16)25-23(27)17-7-9-19(10-8-17)29-15-18-14-26-12-4-3-5-22(26)24-18/h3-14H,15H2,1-2H3,(H,25,27). The van der Waals surface area contributed by atoms with Crippen molar-refractivity contribution in [3.05, 3.63) is 89.9 Å². The molecule has 0 bridgehead atoms. The Bertz CT molecular complexity index is 1120. The van der Waals surface area contributed by atoms with E-state index in [2.05, 4.69) is 10.3 Å². The summed E-state index contributed by atoms with van der Waals surface area (Å²) < 4.78 is 7.34. The summed E-state index contributed by atoms with van der Waals surface area (Å²) in [5.41, 5.74) is 4.30. The normalized spacial score (nSPS) is 10.8. The van der Waals surface area contributed by atoms with Crippen LogP contribution < -0.4 is 10.1 Å². The molecule has 1 amide bonds. The number of hydrogen-bond acceptors (Lipinski definition) is 4. The van der Waals surface area contributed by atoms with Crippen LogP contribution in [0.15, 0.2) is 78.0 Å². The average molecular weight is 404 g/mol. The van der Waals surface area contributed by atoms with Gasteiger partial charge in [-0.15, -0.1) is 11.8 Å². The van der Waals surface area contributed by atoms with Gasteiger partial charge in [-0.3, -0.25) is 4.79 Å². The molecule has 4 aromatic rings. The molecule has 0 saturated heterocycles. The first-order valence-corrected chi connectivity index (χ1v) is 10.2. The summed E-state index contributed by atoms with van der Waals surface area (Å²) in [5, 5.41) is 2.93. The van der Waals surface area contributed by atoms with Gasteiger partial charge in [0.05, 0.1) is 18.5 Å². The maximum absolute atomic E-state index is 12.6. The Morgan fingerprint density at radius 2 is 1.97 bits per heavy atom. The Morgan fingerprint density at radius 1 is 1.14 bits per heavy atom. The zero-order chi connectivity index (χ0) is 20.2. The van der Waals surface area contributed by atoms with Crippen LogP contribution in [0.3, 0.4) is 0 Å². The fourth-order valence-corrected chi connectivity index (χ4v) is 3.81. The van der Waals surface area contributed by atoms with Crippen molar-refractivity contribution in [3.63, 3.8) is 0 Å². The summed E-state index contributed by atoms with van der Waals surface area (Å²) in [6, 6.07) is 19.3. The number of ether oxygens (including phenoxy) is 1. The van der Waals surface area contributed by atoms with Gasteiger partial charge in [-0.2, -0.15) is 0 Å². The fourth-order valence-electron chi connectivity index (χ4n) is 3.03. The highest BCUT2D eigenvalue weighted by Gasteiger charge is 2.10. The lowest BCUT2D eigenvalue weighted by Crippen LogP contribution is -2.12. The molecule has 146 valence electrons. The predicted molar refractivity (Wildman–Crippen MR) is 117 cm³/mol. The zero-order valence-electron chi connectivity index (χ0n) is 16.3. The zero-order valence-corrected chi connectivity index (χ0v) is 17.1. The Morgan fingerprint density at radius 3 is 2.72 bits per heavy atom. The van der Waals surface area contributed by atoms with E-state index in [1.165, 1.54) is 0 Å². The third-order valence-corrected chi connectivity index (χ3v) is 5.57. The molecule has 2 aromatic heterocycles. The van der Waals surface area contributed by atoms with E-state index in [0.29, 0.717) is 17.0 Å². The van der Waals surface area contributed by atoms with E-state index < -0.39 is 0 Å². The number of methoxy groups -OCH3 is 1. The molecule has 0 aliphatic carbocycles. The first kappa shape index (κ1) is 19.1. The lowest BCUT2D eigenvalue weighted by Gasteiger charge is -2.11. The van der Waals surface area contributed by atoms with Crippen LogP contribution in [0.1, 0.15) is 21.6 Å². The van der Waals surface area contributed by atoms with Crippen LogP contribution in [0.25, 0.3) is 5.65 Å². The highest BCUT2D eigenvalue weighted by molar-refractivity contribution is 7.98. The number of anilines is 1. The predicted octanol–water partition coefficient (Wildman–Crippen LogP) is 5.20. The maximum atomic E-state index is 12.6. The van der Waals surface area contributed by atoms with Gasteiger partial charge < -0.3 is 14.5 Å². The molecule has 5 nitrogen and oxygen atoms in total. The van der Waals surface area contributed by atoms with E-state index in [-0.39, 0.29) is 5.91 Å². The second-order valence-corrected chi connectivity index (χ2v) is 7.72. The molecule has 0 unspecified atom stereocenters. The van der Waals surface area contributed by atoms with E-state index in [1.807, 2.05) is 84.4 Å². The van der Waals surface area contributed by atoms with Gasteiger partial charge in [0.1, 0.15) is 11.4 Å². The maximum Gasteiger partial charge on any atom is 0.255 e. The summed E-state index contributed by atoms with van der Waals surface area (Å²) in [5.74, 6) is 1.25. The number of aromatic nitrogens is 2. The number of aryl methyl sites for hydroxylation is 1. The number of carbonyl (C=O) groups is 1. The van der Waals surface area contributed by atoms with E-state index in [0.717, 1.165) is 27.6 Å². The van der Waals surface area contributed by atoms with Gasteiger partial charge in [0.25, 0.3) is 5.91 Å². The smallest absolute Gasteiger partial charge is 0.255 e. The number of imidazole rings is 1. The Kier molecular flexibility index (Phi) is 5.53. The molecule has 0 aliphatic rings. The molecule has 2 aromatic carbocycles. The number of rotatable bonds is 6. The summed E-state index contributed by atoms with van der Waals surface area (Å²) >= 11 is 1.69. The van der Waals surface area contributed by atoms with E-state index in [1.54, 1.807) is 18.9 Å². The SMILES string of the molecule is COc1ccc(C)cc1NC(=O)c1ccc(SCc2cn3ccccc3n2)cc1. The molecule has 0 atom stereocenters. The fraction of sp³-hybridized carbons (Fsp3) is 0.130. The molecule has 2 heterocycles. The Labute approximate surface area is 173 Å². The highest BCUT2D eigenvalue weighted by Crippen LogP contribution is 2.27. The third-order valence-electron chi connectivity index (χ3n) is 4.52. The number of nitrogens with zero attached hydrogens (tertiary/aromatic N) is 2. The van der Waals surface area contributed by atoms with Crippen LogP contribution in [0.4, 0.5) is 5.69 Å². The van der Waals surface area contributed by atoms with Gasteiger partial charge >= 0.3 is 0 Å². The second kappa shape index (κ2) is 8.41. The summed E-state index contributed by atoms with van der Waals surface area (Å²) in [6.07, 6.45) is 4.03. The highest BCUT2D eigenvalue weighted by atomic mass is 32.2. The van der Waals surface area contributed by atoms with Crippen molar-refractivity contribution in [2.75, 3.05) is 12.4 Å². The first-order chi connectivity index (χ1) is 14.1. The average Bonchev–Trinajstić information content (AvgIpc) is 3.16. The van der Waals surface area contributed by atoms with Crippen LogP contribution in [0.5, 0.6) is 5.75 Å². The van der Waals surface area contributed by atoms with Crippen LogP contribution in [-0.2, 0) is 5.75 Å². The molecule has 0 saturated carbocycles. The van der Waals surface area contributed by atoms with Gasteiger partial charge in [-0.25, -0.2) is 4.98 Å². The monoisotopic (exact) mass is 403 g/mol. The number of fused-ring (bicyclic) bond motifs is 1. The number of thioether (sulfide) groups is 1. The number of nitrogens with one attached hydrogen (secondary N) is 1. The molecule has 29 heavy (non-hydrogen) atoms. The summed E-state index contributed by atoms with van der Waals surface area (Å²) in [7, 11) is 1.59. The number of pyridine rings is 1. The van der Waals surface area contributed by atoms with Gasteiger partial charge in [-0.05, 0) is 61.0 Å². The summed E-state index contributed by atoms with van der Waals surface area (Å²) in [4.78, 5) is 18.3. The minimum atomic E-state index is -0.161. The minimum absolute atomic E-state index is 0.161. The van der Waals surface area contributed by atoms with Gasteiger partial charge in [0, 0.05) is 28.6 Å². The van der Waals surface area contributed by atoms with Crippen molar-refractivity contribution in [2.45, 2.75) is 17.6 Å². The van der Waals surface area contributed by atoms with Crippen molar-refractivity contribution in [1.29, 1.82) is 0 Å². The Balaban J connectivity index is 1.40. The van der Waals surface area contributed by atoms with E-state index >= 15 is 0 Å². The van der Waals surface area contributed by atoms with Gasteiger partial charge in [0.2, 0.25) is 0 Å². The van der Waals surface area contributed by atoms with Crippen molar-refractivity contribution < 1.29 is 9.53 Å². The molecule has 0 spiro atoms. The number of amides is 1. The molecule has 0 radical (unpaired) electrons. The van der Waals surface area contributed by atoms with Crippen molar-refractivity contribution >= 4 is 29.0 Å². The van der Waals surface area contributed by atoms with Gasteiger partial charge in [-0.1, -0.05) is 12.1 Å². The number of hydrogen-bond donors (Lipinski definition) is 1.